The molecule has 0 fully saturated rings. The van der Waals surface area contributed by atoms with Crippen LogP contribution < -0.4 is 15.5 Å². The lowest BCUT2D eigenvalue weighted by Crippen LogP contribution is -2.39. The van der Waals surface area contributed by atoms with E-state index in [-0.39, 0.29) is 12.1 Å². The predicted octanol–water partition coefficient (Wildman–Crippen LogP) is 2.63. The van der Waals surface area contributed by atoms with Crippen LogP contribution >= 0.6 is 0 Å². The Morgan fingerprint density at radius 2 is 1.82 bits per heavy atom. The molecule has 0 saturated carbocycles. The maximum absolute atomic E-state index is 12.5. The molecule has 2 N–H and O–H groups in total. The number of likely N-dealkylation sites (N-methyl/N-ethyl adjacent to an activating group) is 1. The lowest BCUT2D eigenvalue weighted by atomic mass is 10.1. The number of carbonyl (C=O) groups excluding carboxylic acids is 1. The molecule has 0 aromatic heterocycles. The van der Waals surface area contributed by atoms with Gasteiger partial charge in [-0.25, -0.2) is 0 Å². The van der Waals surface area contributed by atoms with Gasteiger partial charge in [-0.15, -0.1) is 0 Å². The van der Waals surface area contributed by atoms with Crippen molar-refractivity contribution in [2.24, 2.45) is 4.99 Å². The summed E-state index contributed by atoms with van der Waals surface area (Å²) in [4.78, 5) is 21.4. The molecule has 1 atom stereocenters. The van der Waals surface area contributed by atoms with Crippen molar-refractivity contribution < 1.29 is 4.79 Å². The fourth-order valence-corrected chi connectivity index (χ4v) is 3.16. The van der Waals surface area contributed by atoms with Crippen LogP contribution in [0.3, 0.4) is 0 Å². The van der Waals surface area contributed by atoms with E-state index >= 15 is 0 Å². The molecule has 1 aliphatic heterocycles. The smallest absolute Gasteiger partial charge is 0.253 e. The number of carbonyl (C=O) groups is 1. The third-order valence-corrected chi connectivity index (χ3v) is 4.56. The van der Waals surface area contributed by atoms with Crippen molar-refractivity contribution >= 4 is 17.8 Å². The summed E-state index contributed by atoms with van der Waals surface area (Å²) in [6.45, 7) is 1.68. The molecule has 28 heavy (non-hydrogen) atoms. The van der Waals surface area contributed by atoms with Crippen LogP contribution in [0.4, 0.5) is 5.69 Å². The summed E-state index contributed by atoms with van der Waals surface area (Å²) in [5.74, 6) is 0.798. The minimum absolute atomic E-state index is 0.121. The Kier molecular flexibility index (Phi) is 6.45. The topological polar surface area (TPSA) is 60.0 Å². The van der Waals surface area contributed by atoms with E-state index in [1.807, 2.05) is 68.9 Å². The fourth-order valence-electron chi connectivity index (χ4n) is 3.16. The highest BCUT2D eigenvalue weighted by Crippen LogP contribution is 2.35. The Bertz CT molecular complexity index is 860. The zero-order chi connectivity index (χ0) is 19.9. The molecule has 0 spiro atoms. The molecular weight excluding hydrogens is 350 g/mol. The number of anilines is 1. The van der Waals surface area contributed by atoms with Gasteiger partial charge >= 0.3 is 0 Å². The highest BCUT2D eigenvalue weighted by molar-refractivity contribution is 6.00. The van der Waals surface area contributed by atoms with Gasteiger partial charge in [0.25, 0.3) is 5.91 Å². The molecular formula is C22H27N5O. The second-order valence-corrected chi connectivity index (χ2v) is 6.83. The fraction of sp³-hybridized carbons (Fsp3) is 0.273. The second kappa shape index (κ2) is 9.19. The van der Waals surface area contributed by atoms with Crippen molar-refractivity contribution in [3.8, 4) is 0 Å². The largest absolute Gasteiger partial charge is 0.370 e. The third-order valence-electron chi connectivity index (χ3n) is 4.56. The molecule has 0 bridgehead atoms. The molecule has 1 amide bonds. The molecule has 0 aliphatic carbocycles. The van der Waals surface area contributed by atoms with E-state index in [1.165, 1.54) is 0 Å². The Hall–Kier alpha value is -3.12. The van der Waals surface area contributed by atoms with E-state index in [9.17, 15) is 4.79 Å². The van der Waals surface area contributed by atoms with Crippen LogP contribution in [-0.2, 0) is 0 Å². The normalized spacial score (nSPS) is 16.1. The quantitative estimate of drug-likeness (QED) is 0.779. The molecule has 1 aliphatic rings. The van der Waals surface area contributed by atoms with Crippen LogP contribution in [0.25, 0.3) is 0 Å². The van der Waals surface area contributed by atoms with Crippen molar-refractivity contribution in [1.29, 1.82) is 0 Å². The van der Waals surface area contributed by atoms with Crippen LogP contribution in [0.15, 0.2) is 71.5 Å². The van der Waals surface area contributed by atoms with Crippen molar-refractivity contribution in [3.63, 3.8) is 0 Å². The van der Waals surface area contributed by atoms with Gasteiger partial charge in [0.15, 0.2) is 6.17 Å². The Morgan fingerprint density at radius 1 is 1.11 bits per heavy atom. The number of amides is 1. The summed E-state index contributed by atoms with van der Waals surface area (Å²) >= 11 is 0. The van der Waals surface area contributed by atoms with Crippen LogP contribution in [0.5, 0.6) is 0 Å². The molecule has 0 saturated heterocycles. The van der Waals surface area contributed by atoms with Gasteiger partial charge in [-0.1, -0.05) is 42.5 Å². The first kappa shape index (κ1) is 19.6. The van der Waals surface area contributed by atoms with Crippen molar-refractivity contribution in [1.82, 2.24) is 15.5 Å². The number of benzene rings is 2. The van der Waals surface area contributed by atoms with Gasteiger partial charge in [-0.2, -0.15) is 0 Å². The van der Waals surface area contributed by atoms with Crippen LogP contribution in [-0.4, -0.2) is 51.3 Å². The van der Waals surface area contributed by atoms with Crippen molar-refractivity contribution in [2.75, 3.05) is 39.1 Å². The Labute approximate surface area is 166 Å². The molecule has 1 unspecified atom stereocenters. The molecule has 6 heteroatoms. The summed E-state index contributed by atoms with van der Waals surface area (Å²) in [5, 5.41) is 6.25. The number of rotatable bonds is 7. The minimum Gasteiger partial charge on any atom is -0.370 e. The molecule has 3 rings (SSSR count). The van der Waals surface area contributed by atoms with E-state index in [0.717, 1.165) is 30.2 Å². The monoisotopic (exact) mass is 377 g/mol. The summed E-state index contributed by atoms with van der Waals surface area (Å²) in [7, 11) is 5.74. The summed E-state index contributed by atoms with van der Waals surface area (Å²) < 4.78 is 0. The number of nitrogens with zero attached hydrogens (tertiary/aromatic N) is 3. The average Bonchev–Trinajstić information content (AvgIpc) is 2.73. The lowest BCUT2D eigenvalue weighted by Gasteiger charge is -2.36. The Balaban J connectivity index is 2.03. The summed E-state index contributed by atoms with van der Waals surface area (Å²) in [5.41, 5.74) is 2.49. The van der Waals surface area contributed by atoms with Gasteiger partial charge in [0, 0.05) is 26.4 Å². The maximum atomic E-state index is 12.5. The van der Waals surface area contributed by atoms with Crippen molar-refractivity contribution in [2.45, 2.75) is 6.17 Å². The highest BCUT2D eigenvalue weighted by atomic mass is 16.1. The number of aliphatic imine (C=N–C) groups is 1. The van der Waals surface area contributed by atoms with Gasteiger partial charge < -0.3 is 20.4 Å². The Morgan fingerprint density at radius 3 is 2.54 bits per heavy atom. The molecule has 2 aromatic rings. The number of nitrogens with one attached hydrogen (secondary N) is 2. The maximum Gasteiger partial charge on any atom is 0.253 e. The average molecular weight is 377 g/mol. The van der Waals surface area contributed by atoms with Crippen molar-refractivity contribution in [3.05, 3.63) is 77.6 Å². The summed E-state index contributed by atoms with van der Waals surface area (Å²) in [6.07, 6.45) is 3.53. The molecule has 146 valence electrons. The van der Waals surface area contributed by atoms with Gasteiger partial charge in [0.2, 0.25) is 0 Å². The van der Waals surface area contributed by atoms with Gasteiger partial charge in [-0.3, -0.25) is 9.79 Å². The SMILES string of the molecule is CNC(=O)c1ccccc1N1C(NCCN(C)C)=CC=NC1c1ccccc1. The number of allylic oxidation sites excluding steroid dienone is 1. The molecule has 0 radical (unpaired) electrons. The van der Waals surface area contributed by atoms with Crippen LogP contribution in [0.1, 0.15) is 22.1 Å². The van der Waals surface area contributed by atoms with Gasteiger partial charge in [0.05, 0.1) is 11.3 Å². The van der Waals surface area contributed by atoms with E-state index in [2.05, 4.69) is 32.6 Å². The van der Waals surface area contributed by atoms with E-state index in [1.54, 1.807) is 7.05 Å². The summed E-state index contributed by atoms with van der Waals surface area (Å²) in [6, 6.07) is 17.7. The number of hydrogen-bond acceptors (Lipinski definition) is 5. The predicted molar refractivity (Wildman–Crippen MR) is 115 cm³/mol. The third kappa shape index (κ3) is 4.40. The zero-order valence-electron chi connectivity index (χ0n) is 16.6. The highest BCUT2D eigenvalue weighted by Gasteiger charge is 2.28. The standard InChI is InChI=1S/C22H27N5O/c1-23-22(28)18-11-7-8-12-19(18)27-20(24-15-16-26(2)3)13-14-25-21(27)17-9-5-4-6-10-17/h4-14,21,24H,15-16H2,1-3H3,(H,23,28). The van der Waals surface area contributed by atoms with Gasteiger partial charge in [0.1, 0.15) is 5.82 Å². The van der Waals surface area contributed by atoms with E-state index < -0.39 is 0 Å². The number of para-hydroxylation sites is 1. The number of hydrogen-bond donors (Lipinski definition) is 2. The molecule has 1 heterocycles. The molecule has 2 aromatic carbocycles. The second-order valence-electron chi connectivity index (χ2n) is 6.83. The first-order valence-electron chi connectivity index (χ1n) is 9.39. The molecule has 6 nitrogen and oxygen atoms in total. The van der Waals surface area contributed by atoms with Gasteiger partial charge in [-0.05, 0) is 37.9 Å². The first-order valence-corrected chi connectivity index (χ1v) is 9.39. The van der Waals surface area contributed by atoms with E-state index in [0.29, 0.717) is 5.56 Å². The zero-order valence-corrected chi connectivity index (χ0v) is 16.6. The van der Waals surface area contributed by atoms with E-state index in [4.69, 9.17) is 4.99 Å². The lowest BCUT2D eigenvalue weighted by molar-refractivity contribution is 0.0963. The first-order chi connectivity index (χ1) is 13.6. The van der Waals surface area contributed by atoms with Crippen LogP contribution in [0.2, 0.25) is 0 Å². The minimum atomic E-state index is -0.251. The van der Waals surface area contributed by atoms with Crippen LogP contribution in [0, 0.1) is 0 Å².